The van der Waals surface area contributed by atoms with Crippen LogP contribution in [0.5, 0.6) is 0 Å². The van der Waals surface area contributed by atoms with E-state index in [2.05, 4.69) is 29.3 Å². The molecule has 2 aromatic carbocycles. The third-order valence-corrected chi connectivity index (χ3v) is 5.38. The Balaban J connectivity index is 1.58. The van der Waals surface area contributed by atoms with Gasteiger partial charge in [0.25, 0.3) is 11.6 Å². The summed E-state index contributed by atoms with van der Waals surface area (Å²) >= 11 is 0. The van der Waals surface area contributed by atoms with Crippen LogP contribution in [0.4, 0.5) is 5.69 Å². The summed E-state index contributed by atoms with van der Waals surface area (Å²) in [5, 5.41) is 13.8. The summed E-state index contributed by atoms with van der Waals surface area (Å²) in [5.41, 5.74) is 3.25. The molecule has 0 saturated carbocycles. The lowest BCUT2D eigenvalue weighted by Gasteiger charge is -2.30. The van der Waals surface area contributed by atoms with Crippen LogP contribution in [-0.4, -0.2) is 28.8 Å². The molecule has 1 amide bonds. The second-order valence-electron chi connectivity index (χ2n) is 7.72. The SMILES string of the molecule is Cc1cc(C(=O)NCc2cccc(CN3CCC(C)CC3)c2)ccc1[N+](=O)[O-]. The van der Waals surface area contributed by atoms with Crippen molar-refractivity contribution in [3.8, 4) is 0 Å². The van der Waals surface area contributed by atoms with E-state index in [9.17, 15) is 14.9 Å². The second-order valence-corrected chi connectivity index (χ2v) is 7.72. The van der Waals surface area contributed by atoms with Crippen molar-refractivity contribution in [3.05, 3.63) is 74.8 Å². The Morgan fingerprint density at radius 2 is 1.89 bits per heavy atom. The van der Waals surface area contributed by atoms with Gasteiger partial charge in [0.2, 0.25) is 0 Å². The van der Waals surface area contributed by atoms with Gasteiger partial charge in [-0.25, -0.2) is 0 Å². The van der Waals surface area contributed by atoms with Crippen molar-refractivity contribution in [2.45, 2.75) is 39.8 Å². The lowest BCUT2D eigenvalue weighted by molar-refractivity contribution is -0.385. The van der Waals surface area contributed by atoms with Crippen LogP contribution >= 0.6 is 0 Å². The van der Waals surface area contributed by atoms with Crippen molar-refractivity contribution in [2.75, 3.05) is 13.1 Å². The van der Waals surface area contributed by atoms with Crippen molar-refractivity contribution in [1.29, 1.82) is 0 Å². The number of aryl methyl sites for hydroxylation is 1. The molecular weight excluding hydrogens is 354 g/mol. The minimum Gasteiger partial charge on any atom is -0.348 e. The molecule has 0 radical (unpaired) electrons. The fourth-order valence-corrected chi connectivity index (χ4v) is 3.60. The van der Waals surface area contributed by atoms with Crippen LogP contribution in [0.15, 0.2) is 42.5 Å². The average Bonchev–Trinajstić information content (AvgIpc) is 2.68. The third-order valence-electron chi connectivity index (χ3n) is 5.38. The van der Waals surface area contributed by atoms with Gasteiger partial charge in [0.15, 0.2) is 0 Å². The molecule has 28 heavy (non-hydrogen) atoms. The fourth-order valence-electron chi connectivity index (χ4n) is 3.60. The molecule has 0 atom stereocenters. The number of nitro groups is 1. The molecule has 1 fully saturated rings. The molecule has 6 nitrogen and oxygen atoms in total. The fraction of sp³-hybridized carbons (Fsp3) is 0.409. The number of nitrogens with zero attached hydrogens (tertiary/aromatic N) is 2. The normalized spacial score (nSPS) is 15.4. The minimum atomic E-state index is -0.439. The van der Waals surface area contributed by atoms with Crippen LogP contribution in [0.3, 0.4) is 0 Å². The molecule has 1 N–H and O–H groups in total. The summed E-state index contributed by atoms with van der Waals surface area (Å²) in [5.74, 6) is 0.592. The highest BCUT2D eigenvalue weighted by atomic mass is 16.6. The molecule has 0 spiro atoms. The lowest BCUT2D eigenvalue weighted by atomic mass is 9.98. The predicted molar refractivity (Wildman–Crippen MR) is 109 cm³/mol. The molecule has 0 bridgehead atoms. The van der Waals surface area contributed by atoms with Gasteiger partial charge in [0.1, 0.15) is 0 Å². The summed E-state index contributed by atoms with van der Waals surface area (Å²) in [6, 6.07) is 12.7. The Hall–Kier alpha value is -2.73. The Kier molecular flexibility index (Phi) is 6.41. The molecule has 1 aliphatic rings. The van der Waals surface area contributed by atoms with Gasteiger partial charge < -0.3 is 5.32 Å². The topological polar surface area (TPSA) is 75.5 Å². The molecule has 3 rings (SSSR count). The number of hydrogen-bond acceptors (Lipinski definition) is 4. The van der Waals surface area contributed by atoms with Gasteiger partial charge in [-0.3, -0.25) is 19.8 Å². The number of carbonyl (C=O) groups excluding carboxylic acids is 1. The number of benzene rings is 2. The molecular formula is C22H27N3O3. The van der Waals surface area contributed by atoms with Gasteiger partial charge in [-0.2, -0.15) is 0 Å². The number of amides is 1. The summed E-state index contributed by atoms with van der Waals surface area (Å²) in [6.45, 7) is 7.60. The molecule has 1 heterocycles. The first-order valence-corrected chi connectivity index (χ1v) is 9.76. The van der Waals surface area contributed by atoms with E-state index in [1.807, 2.05) is 12.1 Å². The highest BCUT2D eigenvalue weighted by Crippen LogP contribution is 2.20. The molecule has 0 aliphatic carbocycles. The summed E-state index contributed by atoms with van der Waals surface area (Å²) in [7, 11) is 0. The van der Waals surface area contributed by atoms with Gasteiger partial charge in [-0.15, -0.1) is 0 Å². The summed E-state index contributed by atoms with van der Waals surface area (Å²) in [6.07, 6.45) is 2.51. The first-order chi connectivity index (χ1) is 13.4. The average molecular weight is 381 g/mol. The van der Waals surface area contributed by atoms with Crippen LogP contribution in [0.2, 0.25) is 0 Å². The number of hydrogen-bond donors (Lipinski definition) is 1. The smallest absolute Gasteiger partial charge is 0.272 e. The first kappa shape index (κ1) is 20.0. The Morgan fingerprint density at radius 1 is 1.18 bits per heavy atom. The van der Waals surface area contributed by atoms with Gasteiger partial charge in [0, 0.05) is 30.3 Å². The van der Waals surface area contributed by atoms with Crippen molar-refractivity contribution in [3.63, 3.8) is 0 Å². The number of nitro benzene ring substituents is 1. The van der Waals surface area contributed by atoms with Crippen LogP contribution in [0.1, 0.15) is 46.8 Å². The summed E-state index contributed by atoms with van der Waals surface area (Å²) < 4.78 is 0. The maximum absolute atomic E-state index is 12.4. The van der Waals surface area contributed by atoms with E-state index in [0.29, 0.717) is 17.7 Å². The zero-order valence-electron chi connectivity index (χ0n) is 16.5. The van der Waals surface area contributed by atoms with Gasteiger partial charge in [0.05, 0.1) is 4.92 Å². The van der Waals surface area contributed by atoms with E-state index in [1.54, 1.807) is 13.0 Å². The first-order valence-electron chi connectivity index (χ1n) is 9.76. The van der Waals surface area contributed by atoms with E-state index < -0.39 is 4.92 Å². The minimum absolute atomic E-state index is 0.0244. The third kappa shape index (κ3) is 5.16. The maximum Gasteiger partial charge on any atom is 0.272 e. The monoisotopic (exact) mass is 381 g/mol. The zero-order chi connectivity index (χ0) is 20.1. The van der Waals surface area contributed by atoms with E-state index in [-0.39, 0.29) is 11.6 Å². The van der Waals surface area contributed by atoms with Gasteiger partial charge in [-0.1, -0.05) is 31.2 Å². The van der Waals surface area contributed by atoms with Crippen LogP contribution in [0.25, 0.3) is 0 Å². The molecule has 0 unspecified atom stereocenters. The molecule has 1 aliphatic heterocycles. The highest BCUT2D eigenvalue weighted by molar-refractivity contribution is 5.94. The Labute approximate surface area is 165 Å². The van der Waals surface area contributed by atoms with Crippen molar-refractivity contribution < 1.29 is 9.72 Å². The van der Waals surface area contributed by atoms with Crippen LogP contribution in [-0.2, 0) is 13.1 Å². The van der Waals surface area contributed by atoms with Crippen LogP contribution in [0, 0.1) is 23.0 Å². The van der Waals surface area contributed by atoms with E-state index in [4.69, 9.17) is 0 Å². The standard InChI is InChI=1S/C22H27N3O3/c1-16-8-10-24(11-9-16)15-19-5-3-4-18(13-19)14-23-22(26)20-6-7-21(25(27)28)17(2)12-20/h3-7,12-13,16H,8-11,14-15H2,1-2H3,(H,23,26). The van der Waals surface area contributed by atoms with Gasteiger partial charge in [-0.05, 0) is 62.0 Å². The van der Waals surface area contributed by atoms with Crippen molar-refractivity contribution in [1.82, 2.24) is 10.2 Å². The predicted octanol–water partition coefficient (Wildman–Crippen LogP) is 4.07. The number of carbonyl (C=O) groups is 1. The molecule has 1 saturated heterocycles. The number of likely N-dealkylation sites (tertiary alicyclic amines) is 1. The van der Waals surface area contributed by atoms with Crippen molar-refractivity contribution >= 4 is 11.6 Å². The van der Waals surface area contributed by atoms with E-state index in [0.717, 1.165) is 31.1 Å². The second kappa shape index (κ2) is 8.97. The number of nitrogens with one attached hydrogen (secondary N) is 1. The quantitative estimate of drug-likeness (QED) is 0.605. The molecule has 0 aromatic heterocycles. The molecule has 6 heteroatoms. The van der Waals surface area contributed by atoms with Crippen LogP contribution < -0.4 is 5.32 Å². The Bertz CT molecular complexity index is 858. The summed E-state index contributed by atoms with van der Waals surface area (Å²) in [4.78, 5) is 25.3. The number of piperidine rings is 1. The van der Waals surface area contributed by atoms with E-state index in [1.165, 1.54) is 30.5 Å². The lowest BCUT2D eigenvalue weighted by Crippen LogP contribution is -2.32. The largest absolute Gasteiger partial charge is 0.348 e. The van der Waals surface area contributed by atoms with Crippen molar-refractivity contribution in [2.24, 2.45) is 5.92 Å². The number of rotatable bonds is 6. The zero-order valence-corrected chi connectivity index (χ0v) is 16.5. The van der Waals surface area contributed by atoms with E-state index >= 15 is 0 Å². The Morgan fingerprint density at radius 3 is 2.57 bits per heavy atom. The molecule has 148 valence electrons. The highest BCUT2D eigenvalue weighted by Gasteiger charge is 2.16. The van der Waals surface area contributed by atoms with Gasteiger partial charge >= 0.3 is 0 Å². The molecule has 2 aromatic rings. The maximum atomic E-state index is 12.4.